The Morgan fingerprint density at radius 2 is 2.24 bits per heavy atom. The topological polar surface area (TPSA) is 59.3 Å². The van der Waals surface area contributed by atoms with E-state index in [1.165, 1.54) is 6.33 Å². The number of anilines is 1. The Hall–Kier alpha value is -2.22. The average molecular weight is 348 g/mol. The summed E-state index contributed by atoms with van der Waals surface area (Å²) in [6.07, 6.45) is 3.01. The number of hydrogen-bond donors (Lipinski definition) is 0. The van der Waals surface area contributed by atoms with E-state index in [-0.39, 0.29) is 6.04 Å². The fourth-order valence-corrected chi connectivity index (χ4v) is 3.25. The first kappa shape index (κ1) is 17.6. The van der Waals surface area contributed by atoms with Crippen LogP contribution in [-0.4, -0.2) is 63.6 Å². The van der Waals surface area contributed by atoms with Crippen molar-refractivity contribution in [1.82, 2.24) is 24.6 Å². The van der Waals surface area contributed by atoms with E-state index in [1.54, 1.807) is 6.20 Å². The van der Waals surface area contributed by atoms with Crippen LogP contribution >= 0.6 is 0 Å². The number of alkyl halides is 1. The molecule has 1 saturated heterocycles. The van der Waals surface area contributed by atoms with Crippen molar-refractivity contribution >= 4 is 5.82 Å². The number of hydrogen-bond acceptors (Lipinski definition) is 6. The largest absolute Gasteiger partial charge is 0.478 e. The molecule has 1 fully saturated rings. The highest BCUT2D eigenvalue weighted by molar-refractivity contribution is 5.40. The van der Waals surface area contributed by atoms with Crippen LogP contribution in [0.2, 0.25) is 0 Å². The predicted octanol–water partition coefficient (Wildman–Crippen LogP) is 1.66. The maximum Gasteiger partial charge on any atom is 0.218 e. The van der Waals surface area contributed by atoms with Gasteiger partial charge in [0.2, 0.25) is 5.88 Å². The van der Waals surface area contributed by atoms with E-state index in [0.717, 1.165) is 11.5 Å². The van der Waals surface area contributed by atoms with Gasteiger partial charge in [-0.25, -0.2) is 14.4 Å². The number of likely N-dealkylation sites (tertiary alicyclic amines) is 1. The minimum Gasteiger partial charge on any atom is -0.478 e. The predicted molar refractivity (Wildman–Crippen MR) is 93.4 cm³/mol. The van der Waals surface area contributed by atoms with Gasteiger partial charge in [-0.05, 0) is 19.4 Å². The zero-order valence-electron chi connectivity index (χ0n) is 15.0. The lowest BCUT2D eigenvalue weighted by Gasteiger charge is -2.28. The van der Waals surface area contributed by atoms with Crippen molar-refractivity contribution in [2.24, 2.45) is 7.05 Å². The Balaban J connectivity index is 1.67. The van der Waals surface area contributed by atoms with Crippen molar-refractivity contribution < 1.29 is 9.13 Å². The van der Waals surface area contributed by atoms with Gasteiger partial charge in [0.15, 0.2) is 0 Å². The van der Waals surface area contributed by atoms with Gasteiger partial charge in [0.25, 0.3) is 0 Å². The minimum atomic E-state index is -0.795. The van der Waals surface area contributed by atoms with Crippen LogP contribution in [0.15, 0.2) is 24.7 Å². The van der Waals surface area contributed by atoms with Crippen LogP contribution in [0, 0.1) is 0 Å². The quantitative estimate of drug-likeness (QED) is 0.758. The fraction of sp³-hybridized carbons (Fsp3) is 0.588. The summed E-state index contributed by atoms with van der Waals surface area (Å²) >= 11 is 0. The summed E-state index contributed by atoms with van der Waals surface area (Å²) in [5, 5.41) is 4.19. The van der Waals surface area contributed by atoms with Gasteiger partial charge in [0, 0.05) is 52.0 Å². The van der Waals surface area contributed by atoms with Gasteiger partial charge in [-0.2, -0.15) is 5.10 Å². The summed E-state index contributed by atoms with van der Waals surface area (Å²) in [7, 11) is 3.88. The van der Waals surface area contributed by atoms with E-state index >= 15 is 0 Å². The summed E-state index contributed by atoms with van der Waals surface area (Å²) in [6.45, 7) is 4.33. The molecule has 25 heavy (non-hydrogen) atoms. The molecule has 0 bridgehead atoms. The van der Waals surface area contributed by atoms with Crippen molar-refractivity contribution in [3.8, 4) is 5.88 Å². The average Bonchev–Trinajstić information content (AvgIpc) is 3.14. The number of rotatable bonds is 7. The summed E-state index contributed by atoms with van der Waals surface area (Å²) in [5.41, 5.74) is 1.09. The molecule has 2 atom stereocenters. The molecule has 8 heteroatoms. The summed E-state index contributed by atoms with van der Waals surface area (Å²) in [5.74, 6) is 1.34. The van der Waals surface area contributed by atoms with Crippen LogP contribution in [0.5, 0.6) is 5.88 Å². The lowest BCUT2D eigenvalue weighted by molar-refractivity contribution is 0.231. The molecule has 0 aliphatic carbocycles. The molecule has 1 aliphatic heterocycles. The third-order valence-corrected chi connectivity index (χ3v) is 4.56. The number of aryl methyl sites for hydroxylation is 1. The van der Waals surface area contributed by atoms with Crippen molar-refractivity contribution in [2.75, 3.05) is 31.6 Å². The summed E-state index contributed by atoms with van der Waals surface area (Å²) in [4.78, 5) is 12.6. The molecule has 0 unspecified atom stereocenters. The van der Waals surface area contributed by atoms with Gasteiger partial charge in [-0.1, -0.05) is 0 Å². The van der Waals surface area contributed by atoms with Gasteiger partial charge < -0.3 is 9.64 Å². The van der Waals surface area contributed by atoms with Crippen molar-refractivity contribution in [3.63, 3.8) is 0 Å². The molecule has 0 N–H and O–H groups in total. The molecule has 2 aromatic heterocycles. The van der Waals surface area contributed by atoms with Crippen molar-refractivity contribution in [3.05, 3.63) is 30.4 Å². The smallest absolute Gasteiger partial charge is 0.218 e. The van der Waals surface area contributed by atoms with Crippen molar-refractivity contribution in [1.29, 1.82) is 0 Å². The van der Waals surface area contributed by atoms with Gasteiger partial charge >= 0.3 is 0 Å². The summed E-state index contributed by atoms with van der Waals surface area (Å²) < 4.78 is 21.3. The maximum atomic E-state index is 14.0. The minimum absolute atomic E-state index is 0.125. The first-order chi connectivity index (χ1) is 12.1. The van der Waals surface area contributed by atoms with E-state index < -0.39 is 6.17 Å². The van der Waals surface area contributed by atoms with E-state index in [9.17, 15) is 4.39 Å². The highest BCUT2D eigenvalue weighted by Crippen LogP contribution is 2.25. The highest BCUT2D eigenvalue weighted by Gasteiger charge is 2.33. The molecule has 0 radical (unpaired) electrons. The molecule has 1 aliphatic rings. The molecule has 0 saturated carbocycles. The third-order valence-electron chi connectivity index (χ3n) is 4.56. The maximum absolute atomic E-state index is 14.0. The third kappa shape index (κ3) is 4.25. The number of aromatic nitrogens is 4. The van der Waals surface area contributed by atoms with Gasteiger partial charge in [0.1, 0.15) is 18.3 Å². The number of likely N-dealkylation sites (N-methyl/N-ethyl adjacent to an activating group) is 1. The van der Waals surface area contributed by atoms with Gasteiger partial charge in [-0.15, -0.1) is 0 Å². The van der Waals surface area contributed by atoms with Crippen LogP contribution in [-0.2, 0) is 13.6 Å². The number of nitrogens with zero attached hydrogens (tertiary/aromatic N) is 6. The van der Waals surface area contributed by atoms with Crippen LogP contribution in [0.3, 0.4) is 0 Å². The molecular weight excluding hydrogens is 323 g/mol. The molecular formula is C17H25FN6O. The van der Waals surface area contributed by atoms with E-state index in [2.05, 4.69) is 20.0 Å². The monoisotopic (exact) mass is 348 g/mol. The van der Waals surface area contributed by atoms with Crippen LogP contribution in [0.1, 0.15) is 19.0 Å². The van der Waals surface area contributed by atoms with Crippen molar-refractivity contribution in [2.45, 2.75) is 32.1 Å². The van der Waals surface area contributed by atoms with E-state index in [1.807, 2.05) is 42.7 Å². The van der Waals surface area contributed by atoms with Gasteiger partial charge in [0.05, 0.1) is 12.3 Å². The SMILES string of the molecule is CCOc1cc(N(C)C[C@@H]2C[C@H](F)CN2Cc2ccnn2C)ncn1. The first-order valence-electron chi connectivity index (χ1n) is 8.57. The normalized spacial score (nSPS) is 20.8. The second kappa shape index (κ2) is 7.77. The Morgan fingerprint density at radius 1 is 1.40 bits per heavy atom. The molecule has 0 aromatic carbocycles. The second-order valence-electron chi connectivity index (χ2n) is 6.39. The Kier molecular flexibility index (Phi) is 5.47. The Bertz CT molecular complexity index is 693. The molecule has 0 spiro atoms. The number of ether oxygens (including phenoxy) is 1. The number of halogens is 1. The zero-order chi connectivity index (χ0) is 17.8. The van der Waals surface area contributed by atoms with Gasteiger partial charge in [-0.3, -0.25) is 9.58 Å². The fourth-order valence-electron chi connectivity index (χ4n) is 3.25. The summed E-state index contributed by atoms with van der Waals surface area (Å²) in [6, 6.07) is 3.92. The molecule has 3 rings (SSSR count). The zero-order valence-corrected chi connectivity index (χ0v) is 15.0. The standard InChI is InChI=1S/C17H25FN6O/c1-4-25-17-8-16(19-12-20-17)22(2)10-15-7-13(18)9-24(15)11-14-5-6-21-23(14)3/h5-6,8,12-13,15H,4,7,9-11H2,1-3H3/t13-,15-/m0/s1. The highest BCUT2D eigenvalue weighted by atomic mass is 19.1. The van der Waals surface area contributed by atoms with Crippen LogP contribution < -0.4 is 9.64 Å². The second-order valence-corrected chi connectivity index (χ2v) is 6.39. The molecule has 136 valence electrons. The lowest BCUT2D eigenvalue weighted by Crippen LogP contribution is -2.39. The Morgan fingerprint density at radius 3 is 2.96 bits per heavy atom. The Labute approximate surface area is 147 Å². The van der Waals surface area contributed by atoms with Crippen LogP contribution in [0.4, 0.5) is 10.2 Å². The van der Waals surface area contributed by atoms with E-state index in [4.69, 9.17) is 4.74 Å². The molecule has 0 amide bonds. The van der Waals surface area contributed by atoms with Crippen LogP contribution in [0.25, 0.3) is 0 Å². The molecule has 7 nitrogen and oxygen atoms in total. The first-order valence-corrected chi connectivity index (χ1v) is 8.57. The molecule has 3 heterocycles. The molecule has 2 aromatic rings. The van der Waals surface area contributed by atoms with E-state index in [0.29, 0.717) is 38.5 Å². The lowest BCUT2D eigenvalue weighted by atomic mass is 10.2.